The minimum absolute atomic E-state index is 1.01. The maximum atomic E-state index is 2.48. The maximum Gasteiger partial charge on any atom is 0.0548 e. The molecule has 294 valence electrons. The first kappa shape index (κ1) is 35.8. The number of aromatic nitrogens is 2. The number of allylic oxidation sites excluding steroid dienone is 1. The molecule has 9 aromatic carbocycles. The Morgan fingerprint density at radius 2 is 0.855 bits per heavy atom. The summed E-state index contributed by atoms with van der Waals surface area (Å²) in [5, 5.41) is 4.85. The van der Waals surface area contributed by atoms with Gasteiger partial charge in [-0.15, -0.1) is 0 Å². The van der Waals surface area contributed by atoms with Crippen molar-refractivity contribution < 1.29 is 0 Å². The second-order valence-electron chi connectivity index (χ2n) is 16.1. The second kappa shape index (κ2) is 14.9. The predicted octanol–water partition coefficient (Wildman–Crippen LogP) is 15.8. The minimum Gasteiger partial charge on any atom is -0.310 e. The summed E-state index contributed by atoms with van der Waals surface area (Å²) in [6.07, 6.45) is 6.62. The molecular weight excluding hydrogens is 753 g/mol. The molecule has 2 aromatic heterocycles. The minimum atomic E-state index is 1.01. The fourth-order valence-electron chi connectivity index (χ4n) is 9.79. The van der Waals surface area contributed by atoms with Gasteiger partial charge in [0.1, 0.15) is 0 Å². The van der Waals surface area contributed by atoms with Gasteiger partial charge < -0.3 is 18.9 Å². The Morgan fingerprint density at radius 3 is 1.56 bits per heavy atom. The summed E-state index contributed by atoms with van der Waals surface area (Å²) in [6, 6.07) is 79.4. The van der Waals surface area contributed by atoms with Crippen molar-refractivity contribution >= 4 is 83.8 Å². The molecule has 11 aromatic rings. The summed E-state index contributed by atoms with van der Waals surface area (Å²) in [6.45, 7) is 0. The van der Waals surface area contributed by atoms with Crippen LogP contribution in [0.1, 0.15) is 17.5 Å². The van der Waals surface area contributed by atoms with E-state index in [2.05, 4.69) is 249 Å². The molecule has 1 aliphatic carbocycles. The van der Waals surface area contributed by atoms with E-state index in [1.807, 2.05) is 0 Å². The van der Waals surface area contributed by atoms with Crippen molar-refractivity contribution in [1.82, 2.24) is 9.13 Å². The van der Waals surface area contributed by atoms with Crippen LogP contribution in [0.4, 0.5) is 34.1 Å². The molecule has 0 aliphatic heterocycles. The standard InChI is InChI=1S/C58H42N4/c1-5-21-42(22-6-1)59(43-23-7-2-8-24-43)48-35-36-56-51(38-48)53-40-57-52(50-32-15-16-33-55(50)61(57)45-27-11-4-12-28-45)39-58(53)62(56)47-30-18-29-46(37-47)60(44-25-9-3-10-26-44)54-34-17-20-41-19-13-14-31-49(41)54/h1-13,15-30,32-40H,14,31H2. The fourth-order valence-corrected chi connectivity index (χ4v) is 9.79. The number of hydrogen-bond donors (Lipinski definition) is 0. The van der Waals surface area contributed by atoms with Crippen molar-refractivity contribution in [3.05, 3.63) is 236 Å². The van der Waals surface area contributed by atoms with Crippen LogP contribution >= 0.6 is 0 Å². The quantitative estimate of drug-likeness (QED) is 0.152. The monoisotopic (exact) mass is 794 g/mol. The van der Waals surface area contributed by atoms with Gasteiger partial charge in [0.15, 0.2) is 0 Å². The van der Waals surface area contributed by atoms with E-state index >= 15 is 0 Å². The normalized spacial score (nSPS) is 12.3. The Labute approximate surface area is 361 Å². The Hall–Kier alpha value is -8.08. The summed E-state index contributed by atoms with van der Waals surface area (Å²) in [7, 11) is 0. The molecule has 0 fully saturated rings. The Morgan fingerprint density at radius 1 is 0.339 bits per heavy atom. The zero-order valence-electron chi connectivity index (χ0n) is 34.1. The maximum absolute atomic E-state index is 2.48. The fraction of sp³-hybridized carbons (Fsp3) is 0.0345. The average molecular weight is 795 g/mol. The highest BCUT2D eigenvalue weighted by Crippen LogP contribution is 2.45. The molecule has 0 atom stereocenters. The van der Waals surface area contributed by atoms with Crippen molar-refractivity contribution in [2.75, 3.05) is 9.80 Å². The van der Waals surface area contributed by atoms with Crippen LogP contribution in [0.25, 0.3) is 61.1 Å². The summed E-state index contributed by atoms with van der Waals surface area (Å²) < 4.78 is 4.90. The molecule has 0 saturated heterocycles. The van der Waals surface area contributed by atoms with E-state index in [4.69, 9.17) is 0 Å². The lowest BCUT2D eigenvalue weighted by atomic mass is 9.94. The van der Waals surface area contributed by atoms with Crippen LogP contribution in [-0.2, 0) is 6.42 Å². The van der Waals surface area contributed by atoms with E-state index < -0.39 is 0 Å². The number of benzene rings is 9. The lowest BCUT2D eigenvalue weighted by molar-refractivity contribution is 0.979. The van der Waals surface area contributed by atoms with Crippen LogP contribution in [-0.4, -0.2) is 9.13 Å². The summed E-state index contributed by atoms with van der Waals surface area (Å²) in [5.74, 6) is 0. The lowest BCUT2D eigenvalue weighted by Gasteiger charge is -2.29. The molecule has 4 heteroatoms. The first-order chi connectivity index (χ1) is 30.8. The highest BCUT2D eigenvalue weighted by atomic mass is 15.2. The van der Waals surface area contributed by atoms with Crippen LogP contribution in [0.15, 0.2) is 224 Å². The van der Waals surface area contributed by atoms with E-state index in [9.17, 15) is 0 Å². The largest absolute Gasteiger partial charge is 0.310 e. The SMILES string of the molecule is C1=Cc2cccc(N(c3ccccc3)c3cccc(-n4c5ccc(N(c6ccccc6)c6ccccc6)cc5c5cc6c(cc54)c4ccccc4n6-c4ccccc4)c3)c2CC1. The molecule has 0 N–H and O–H groups in total. The Bertz CT molecular complexity index is 3420. The topological polar surface area (TPSA) is 16.3 Å². The van der Waals surface area contributed by atoms with Gasteiger partial charge in [0.2, 0.25) is 0 Å². The van der Waals surface area contributed by atoms with Gasteiger partial charge in [-0.1, -0.05) is 121 Å². The zero-order valence-corrected chi connectivity index (χ0v) is 34.1. The van der Waals surface area contributed by atoms with Gasteiger partial charge >= 0.3 is 0 Å². The van der Waals surface area contributed by atoms with Crippen LogP contribution in [0, 0.1) is 0 Å². The number of nitrogens with zero attached hydrogens (tertiary/aromatic N) is 4. The van der Waals surface area contributed by atoms with Gasteiger partial charge in [-0.2, -0.15) is 0 Å². The average Bonchev–Trinajstić information content (AvgIpc) is 3.84. The number of rotatable bonds is 8. The molecule has 0 radical (unpaired) electrons. The zero-order chi connectivity index (χ0) is 41.0. The molecule has 0 spiro atoms. The smallest absolute Gasteiger partial charge is 0.0548 e. The molecule has 62 heavy (non-hydrogen) atoms. The summed E-state index contributed by atoms with van der Waals surface area (Å²) in [5.41, 5.74) is 16.4. The third-order valence-electron chi connectivity index (χ3n) is 12.5. The number of hydrogen-bond acceptors (Lipinski definition) is 2. The molecule has 1 aliphatic rings. The van der Waals surface area contributed by atoms with Crippen molar-refractivity contribution in [3.63, 3.8) is 0 Å². The Balaban J connectivity index is 1.14. The molecular formula is C58H42N4. The van der Waals surface area contributed by atoms with Gasteiger partial charge in [-0.25, -0.2) is 0 Å². The predicted molar refractivity (Wildman–Crippen MR) is 262 cm³/mol. The highest BCUT2D eigenvalue weighted by molar-refractivity contribution is 6.19. The van der Waals surface area contributed by atoms with E-state index in [1.165, 1.54) is 49.4 Å². The number of anilines is 6. The van der Waals surface area contributed by atoms with Gasteiger partial charge in [0.25, 0.3) is 0 Å². The van der Waals surface area contributed by atoms with E-state index in [-0.39, 0.29) is 0 Å². The molecule has 4 nitrogen and oxygen atoms in total. The van der Waals surface area contributed by atoms with Crippen LogP contribution in [0.3, 0.4) is 0 Å². The third kappa shape index (κ3) is 5.91. The molecule has 2 heterocycles. The van der Waals surface area contributed by atoms with Crippen LogP contribution < -0.4 is 9.80 Å². The third-order valence-corrected chi connectivity index (χ3v) is 12.5. The van der Waals surface area contributed by atoms with Crippen molar-refractivity contribution in [2.24, 2.45) is 0 Å². The van der Waals surface area contributed by atoms with Crippen LogP contribution in [0.5, 0.6) is 0 Å². The first-order valence-corrected chi connectivity index (χ1v) is 21.5. The number of fused-ring (bicyclic) bond motifs is 7. The van der Waals surface area contributed by atoms with E-state index in [0.717, 1.165) is 63.7 Å². The first-order valence-electron chi connectivity index (χ1n) is 21.5. The van der Waals surface area contributed by atoms with E-state index in [1.54, 1.807) is 0 Å². The number of para-hydroxylation sites is 5. The van der Waals surface area contributed by atoms with Crippen molar-refractivity contribution in [2.45, 2.75) is 12.8 Å². The van der Waals surface area contributed by atoms with E-state index in [0.29, 0.717) is 0 Å². The highest BCUT2D eigenvalue weighted by Gasteiger charge is 2.23. The molecule has 12 rings (SSSR count). The molecule has 0 bridgehead atoms. The van der Waals surface area contributed by atoms with Gasteiger partial charge in [0.05, 0.1) is 22.1 Å². The van der Waals surface area contributed by atoms with Gasteiger partial charge in [-0.3, -0.25) is 0 Å². The summed E-state index contributed by atoms with van der Waals surface area (Å²) in [4.78, 5) is 4.80. The molecule has 0 amide bonds. The van der Waals surface area contributed by atoms with Gasteiger partial charge in [-0.05, 0) is 133 Å². The van der Waals surface area contributed by atoms with Crippen molar-refractivity contribution in [1.29, 1.82) is 0 Å². The Kier molecular flexibility index (Phi) is 8.60. The molecule has 0 saturated carbocycles. The summed E-state index contributed by atoms with van der Waals surface area (Å²) >= 11 is 0. The molecule has 0 unspecified atom stereocenters. The lowest BCUT2D eigenvalue weighted by Crippen LogP contribution is -2.14. The van der Waals surface area contributed by atoms with Crippen LogP contribution in [0.2, 0.25) is 0 Å². The second-order valence-corrected chi connectivity index (χ2v) is 16.1. The van der Waals surface area contributed by atoms with Gasteiger partial charge in [0, 0.05) is 67.0 Å². The van der Waals surface area contributed by atoms with Crippen molar-refractivity contribution in [3.8, 4) is 11.4 Å².